The Morgan fingerprint density at radius 2 is 2.00 bits per heavy atom. The zero-order valence-corrected chi connectivity index (χ0v) is 12.9. The summed E-state index contributed by atoms with van der Waals surface area (Å²) < 4.78 is 7.45. The zero-order chi connectivity index (χ0) is 16.7. The average molecular weight is 305 g/mol. The van der Waals surface area contributed by atoms with Crippen LogP contribution in [-0.4, -0.2) is 17.1 Å². The molecule has 1 aromatic carbocycles. The molecule has 23 heavy (non-hydrogen) atoms. The number of aromatic nitrogens is 1. The minimum absolute atomic E-state index is 0.168. The Hall–Kier alpha value is -3.07. The second-order valence-electron chi connectivity index (χ2n) is 4.78. The maximum absolute atomic E-state index is 11.8. The summed E-state index contributed by atoms with van der Waals surface area (Å²) in [5, 5.41) is 0.883. The summed E-state index contributed by atoms with van der Waals surface area (Å²) >= 11 is 0. The van der Waals surface area contributed by atoms with Crippen LogP contribution in [0.4, 0.5) is 0 Å². The Morgan fingerprint density at radius 1 is 1.17 bits per heavy atom. The summed E-state index contributed by atoms with van der Waals surface area (Å²) in [5.74, 6) is 0.554. The number of hydrogen-bond acceptors (Lipinski definition) is 2. The van der Waals surface area contributed by atoms with Crippen molar-refractivity contribution in [2.75, 3.05) is 6.61 Å². The van der Waals surface area contributed by atoms with E-state index < -0.39 is 0 Å². The van der Waals surface area contributed by atoms with Crippen LogP contribution in [-0.2, 0) is 0 Å². The molecule has 1 heterocycles. The van der Waals surface area contributed by atoms with Gasteiger partial charge in [-0.25, -0.2) is 0 Å². The molecule has 0 aliphatic carbocycles. The van der Waals surface area contributed by atoms with E-state index in [-0.39, 0.29) is 5.91 Å². The average Bonchev–Trinajstić information content (AvgIpc) is 3.01. The molecule has 0 amide bonds. The molecule has 0 unspecified atom stereocenters. The van der Waals surface area contributed by atoms with Gasteiger partial charge >= 0.3 is 0 Å². The number of carbonyl (C=O) groups excluding carboxylic acids is 1. The number of fused-ring (bicyclic) bond motifs is 1. The standard InChI is InChI=1S/C20H19NO2/c1-4-7-10-16(9-5-2)15-23-19-12-8-11-18-17(19)13-14-21(18)20(22)6-3/h4-14H,1-3,15H2/b10-7-,16-9+. The minimum Gasteiger partial charge on any atom is -0.488 e. The van der Waals surface area contributed by atoms with Gasteiger partial charge < -0.3 is 4.74 Å². The van der Waals surface area contributed by atoms with Gasteiger partial charge in [0.05, 0.1) is 5.52 Å². The lowest BCUT2D eigenvalue weighted by molar-refractivity contribution is 0.0974. The van der Waals surface area contributed by atoms with Crippen LogP contribution in [0.1, 0.15) is 4.79 Å². The summed E-state index contributed by atoms with van der Waals surface area (Å²) in [5.41, 5.74) is 1.77. The van der Waals surface area contributed by atoms with Crippen molar-refractivity contribution in [2.45, 2.75) is 0 Å². The SMILES string of the molecule is C=C/C=C\C(=C/C=C)COc1cccc2c1ccn2C(=O)C=C. The van der Waals surface area contributed by atoms with Gasteiger partial charge in [0.1, 0.15) is 12.4 Å². The number of benzene rings is 1. The zero-order valence-electron chi connectivity index (χ0n) is 12.9. The smallest absolute Gasteiger partial charge is 0.254 e. The van der Waals surface area contributed by atoms with Crippen LogP contribution in [0.5, 0.6) is 5.75 Å². The number of hydrogen-bond donors (Lipinski definition) is 0. The van der Waals surface area contributed by atoms with Crippen molar-refractivity contribution >= 4 is 16.8 Å². The van der Waals surface area contributed by atoms with Gasteiger partial charge in [0, 0.05) is 11.6 Å². The van der Waals surface area contributed by atoms with Gasteiger partial charge in [-0.1, -0.05) is 56.2 Å². The van der Waals surface area contributed by atoms with Crippen molar-refractivity contribution in [3.05, 3.63) is 92.2 Å². The van der Waals surface area contributed by atoms with Crippen molar-refractivity contribution in [3.63, 3.8) is 0 Å². The Kier molecular flexibility index (Phi) is 5.53. The van der Waals surface area contributed by atoms with E-state index in [9.17, 15) is 4.79 Å². The van der Waals surface area contributed by atoms with Crippen molar-refractivity contribution in [3.8, 4) is 5.75 Å². The Labute approximate surface area is 136 Å². The first-order valence-electron chi connectivity index (χ1n) is 7.21. The first-order chi connectivity index (χ1) is 11.2. The third kappa shape index (κ3) is 3.77. The van der Waals surface area contributed by atoms with E-state index in [2.05, 4.69) is 19.7 Å². The lowest BCUT2D eigenvalue weighted by Crippen LogP contribution is -2.04. The fourth-order valence-corrected chi connectivity index (χ4v) is 2.21. The molecule has 0 bridgehead atoms. The summed E-state index contributed by atoms with van der Waals surface area (Å²) in [7, 11) is 0. The van der Waals surface area contributed by atoms with Gasteiger partial charge in [0.25, 0.3) is 5.91 Å². The van der Waals surface area contributed by atoms with Gasteiger partial charge in [-0.2, -0.15) is 0 Å². The number of carbonyl (C=O) groups is 1. The van der Waals surface area contributed by atoms with E-state index in [0.717, 1.165) is 22.2 Å². The van der Waals surface area contributed by atoms with Crippen molar-refractivity contribution in [2.24, 2.45) is 0 Å². The van der Waals surface area contributed by atoms with Crippen LogP contribution >= 0.6 is 0 Å². The third-order valence-electron chi connectivity index (χ3n) is 3.28. The number of ether oxygens (including phenoxy) is 1. The van der Waals surface area contributed by atoms with E-state index >= 15 is 0 Å². The van der Waals surface area contributed by atoms with Crippen molar-refractivity contribution < 1.29 is 9.53 Å². The molecule has 3 nitrogen and oxygen atoms in total. The Balaban J connectivity index is 2.28. The summed E-state index contributed by atoms with van der Waals surface area (Å²) in [4.78, 5) is 11.8. The highest BCUT2D eigenvalue weighted by Crippen LogP contribution is 2.27. The monoisotopic (exact) mass is 305 g/mol. The van der Waals surface area contributed by atoms with Crippen LogP contribution in [0.15, 0.2) is 92.2 Å². The highest BCUT2D eigenvalue weighted by molar-refractivity contribution is 5.99. The molecule has 0 spiro atoms. The number of nitrogens with zero attached hydrogens (tertiary/aromatic N) is 1. The highest BCUT2D eigenvalue weighted by Gasteiger charge is 2.09. The molecule has 0 atom stereocenters. The van der Waals surface area contributed by atoms with E-state index in [0.29, 0.717) is 6.61 Å². The molecule has 116 valence electrons. The normalized spacial score (nSPS) is 11.6. The molecule has 0 radical (unpaired) electrons. The number of rotatable bonds is 7. The summed E-state index contributed by atoms with van der Waals surface area (Å²) in [6.07, 6.45) is 12.1. The molecule has 0 aliphatic heterocycles. The van der Waals surface area contributed by atoms with Gasteiger partial charge in [0.15, 0.2) is 0 Å². The summed E-state index contributed by atoms with van der Waals surface area (Å²) in [6.45, 7) is 11.3. The van der Waals surface area contributed by atoms with E-state index in [1.165, 1.54) is 6.08 Å². The predicted octanol–water partition coefficient (Wildman–Crippen LogP) is 4.70. The van der Waals surface area contributed by atoms with Gasteiger partial charge in [0.2, 0.25) is 0 Å². The Morgan fingerprint density at radius 3 is 2.70 bits per heavy atom. The second kappa shape index (κ2) is 7.80. The molecular weight excluding hydrogens is 286 g/mol. The van der Waals surface area contributed by atoms with E-state index in [1.54, 1.807) is 22.9 Å². The largest absolute Gasteiger partial charge is 0.488 e. The molecule has 3 heteroatoms. The molecule has 0 fully saturated rings. The van der Waals surface area contributed by atoms with Crippen LogP contribution in [0.2, 0.25) is 0 Å². The lowest BCUT2D eigenvalue weighted by atomic mass is 10.2. The first-order valence-corrected chi connectivity index (χ1v) is 7.21. The predicted molar refractivity (Wildman–Crippen MR) is 95.9 cm³/mol. The van der Waals surface area contributed by atoms with Crippen LogP contribution < -0.4 is 4.74 Å². The van der Waals surface area contributed by atoms with Gasteiger partial charge in [-0.3, -0.25) is 9.36 Å². The third-order valence-corrected chi connectivity index (χ3v) is 3.28. The van der Waals surface area contributed by atoms with Crippen molar-refractivity contribution in [1.82, 2.24) is 4.57 Å². The van der Waals surface area contributed by atoms with Crippen molar-refractivity contribution in [1.29, 1.82) is 0 Å². The van der Waals surface area contributed by atoms with E-state index in [1.807, 2.05) is 42.5 Å². The maximum Gasteiger partial charge on any atom is 0.254 e. The van der Waals surface area contributed by atoms with Crippen LogP contribution in [0, 0.1) is 0 Å². The fraction of sp³-hybridized carbons (Fsp3) is 0.0500. The fourth-order valence-electron chi connectivity index (χ4n) is 2.21. The van der Waals surface area contributed by atoms with Gasteiger partial charge in [-0.05, 0) is 29.8 Å². The first kappa shape index (κ1) is 16.3. The second-order valence-corrected chi connectivity index (χ2v) is 4.78. The maximum atomic E-state index is 11.8. The highest BCUT2D eigenvalue weighted by atomic mass is 16.5. The topological polar surface area (TPSA) is 31.2 Å². The molecule has 0 aliphatic rings. The molecule has 0 saturated carbocycles. The lowest BCUT2D eigenvalue weighted by Gasteiger charge is -2.09. The number of allylic oxidation sites excluding steroid dienone is 5. The molecular formula is C20H19NO2. The van der Waals surface area contributed by atoms with Gasteiger partial charge in [-0.15, -0.1) is 0 Å². The molecule has 2 rings (SSSR count). The summed E-state index contributed by atoms with van der Waals surface area (Å²) in [6, 6.07) is 7.49. The molecule has 2 aromatic rings. The molecule has 0 saturated heterocycles. The minimum atomic E-state index is -0.168. The van der Waals surface area contributed by atoms with Crippen LogP contribution in [0.25, 0.3) is 10.9 Å². The molecule has 0 N–H and O–H groups in total. The Bertz CT molecular complexity index is 806. The van der Waals surface area contributed by atoms with Crippen LogP contribution in [0.3, 0.4) is 0 Å². The molecule has 1 aromatic heterocycles. The van der Waals surface area contributed by atoms with E-state index in [4.69, 9.17) is 4.74 Å². The quantitative estimate of drug-likeness (QED) is 0.548.